The van der Waals surface area contributed by atoms with Crippen LogP contribution in [0.15, 0.2) is 49.3 Å². The average molecular weight is 186 g/mol. The Morgan fingerprint density at radius 1 is 1.29 bits per heavy atom. The molecular formula is C11H10N2O. The summed E-state index contributed by atoms with van der Waals surface area (Å²) in [6.45, 7) is 3.87. The van der Waals surface area contributed by atoms with E-state index in [-0.39, 0.29) is 5.75 Å². The van der Waals surface area contributed by atoms with Gasteiger partial charge in [0.1, 0.15) is 5.75 Å². The van der Waals surface area contributed by atoms with Crippen LogP contribution in [-0.2, 0) is 0 Å². The topological polar surface area (TPSA) is 38.0 Å². The highest BCUT2D eigenvalue weighted by Crippen LogP contribution is 2.23. The van der Waals surface area contributed by atoms with E-state index in [0.29, 0.717) is 11.3 Å². The van der Waals surface area contributed by atoms with Crippen molar-refractivity contribution in [1.82, 2.24) is 9.78 Å². The van der Waals surface area contributed by atoms with Gasteiger partial charge in [0.15, 0.2) is 0 Å². The summed E-state index contributed by atoms with van der Waals surface area (Å²) in [6.07, 6.45) is 3.46. The highest BCUT2D eigenvalue weighted by atomic mass is 16.3. The van der Waals surface area contributed by atoms with Crippen LogP contribution in [0.3, 0.4) is 0 Å². The predicted octanol–water partition coefficient (Wildman–Crippen LogP) is 2.11. The molecule has 1 N–H and O–H groups in total. The van der Waals surface area contributed by atoms with Crippen molar-refractivity contribution in [3.05, 3.63) is 54.9 Å². The maximum atomic E-state index is 9.58. The summed E-state index contributed by atoms with van der Waals surface area (Å²) in [5.74, 6) is 0.216. The summed E-state index contributed by atoms with van der Waals surface area (Å²) in [7, 11) is 0. The molecule has 0 spiro atoms. The molecule has 3 nitrogen and oxygen atoms in total. The third-order valence-corrected chi connectivity index (χ3v) is 2.00. The number of rotatable bonds is 2. The lowest BCUT2D eigenvalue weighted by Crippen LogP contribution is -1.97. The van der Waals surface area contributed by atoms with Crippen LogP contribution in [0.1, 0.15) is 5.56 Å². The smallest absolute Gasteiger partial charge is 0.124 e. The Bertz CT molecular complexity index is 446. The van der Waals surface area contributed by atoms with Crippen LogP contribution in [0.25, 0.3) is 5.70 Å². The average Bonchev–Trinajstić information content (AvgIpc) is 2.70. The fraction of sp³-hybridized carbons (Fsp3) is 0. The summed E-state index contributed by atoms with van der Waals surface area (Å²) in [4.78, 5) is 0. The molecule has 1 aromatic heterocycles. The van der Waals surface area contributed by atoms with Gasteiger partial charge in [0.05, 0.1) is 5.70 Å². The van der Waals surface area contributed by atoms with E-state index in [1.165, 1.54) is 0 Å². The van der Waals surface area contributed by atoms with E-state index in [4.69, 9.17) is 0 Å². The zero-order chi connectivity index (χ0) is 9.97. The predicted molar refractivity (Wildman–Crippen MR) is 54.8 cm³/mol. The minimum absolute atomic E-state index is 0.216. The molecule has 3 heteroatoms. The number of benzene rings is 1. The molecule has 2 rings (SSSR count). The van der Waals surface area contributed by atoms with E-state index in [0.717, 1.165) is 0 Å². The van der Waals surface area contributed by atoms with E-state index in [1.807, 2.05) is 12.1 Å². The number of aromatic hydroxyl groups is 1. The zero-order valence-corrected chi connectivity index (χ0v) is 7.59. The first-order valence-corrected chi connectivity index (χ1v) is 4.26. The van der Waals surface area contributed by atoms with E-state index in [1.54, 1.807) is 35.3 Å². The summed E-state index contributed by atoms with van der Waals surface area (Å²) >= 11 is 0. The van der Waals surface area contributed by atoms with Crippen LogP contribution >= 0.6 is 0 Å². The third kappa shape index (κ3) is 1.40. The fourth-order valence-corrected chi connectivity index (χ4v) is 1.27. The van der Waals surface area contributed by atoms with Crippen molar-refractivity contribution in [1.29, 1.82) is 0 Å². The number of aromatic nitrogens is 2. The molecule has 0 amide bonds. The van der Waals surface area contributed by atoms with Crippen molar-refractivity contribution >= 4 is 5.70 Å². The number of phenols is 1. The monoisotopic (exact) mass is 186 g/mol. The van der Waals surface area contributed by atoms with Gasteiger partial charge in [-0.05, 0) is 18.2 Å². The highest BCUT2D eigenvalue weighted by molar-refractivity contribution is 5.67. The molecule has 14 heavy (non-hydrogen) atoms. The lowest BCUT2D eigenvalue weighted by Gasteiger charge is -2.07. The van der Waals surface area contributed by atoms with Gasteiger partial charge in [0.25, 0.3) is 0 Å². The number of phenolic OH excluding ortho intramolecular Hbond substituents is 1. The standard InChI is InChI=1S/C11H10N2O/c1-9(13-8-4-7-12-13)10-5-2-3-6-11(10)14/h2-8,14H,1H2. The number of hydrogen-bond acceptors (Lipinski definition) is 2. The third-order valence-electron chi connectivity index (χ3n) is 2.00. The van der Waals surface area contributed by atoms with Gasteiger partial charge in [-0.15, -0.1) is 0 Å². The molecule has 0 unspecified atom stereocenters. The van der Waals surface area contributed by atoms with Crippen molar-refractivity contribution < 1.29 is 5.11 Å². The van der Waals surface area contributed by atoms with Crippen LogP contribution < -0.4 is 0 Å². The SMILES string of the molecule is C=C(c1ccccc1O)n1cccn1. The number of nitrogens with zero attached hydrogens (tertiary/aromatic N) is 2. The van der Waals surface area contributed by atoms with Gasteiger partial charge in [-0.2, -0.15) is 5.10 Å². The molecular weight excluding hydrogens is 176 g/mol. The van der Waals surface area contributed by atoms with Crippen LogP contribution in [0.5, 0.6) is 5.75 Å². The lowest BCUT2D eigenvalue weighted by molar-refractivity contribution is 0.473. The van der Waals surface area contributed by atoms with Crippen LogP contribution in [-0.4, -0.2) is 14.9 Å². The minimum atomic E-state index is 0.216. The maximum Gasteiger partial charge on any atom is 0.124 e. The second kappa shape index (κ2) is 3.38. The van der Waals surface area contributed by atoms with Crippen molar-refractivity contribution in [2.45, 2.75) is 0 Å². The molecule has 0 saturated carbocycles. The molecule has 70 valence electrons. The second-order valence-corrected chi connectivity index (χ2v) is 2.91. The van der Waals surface area contributed by atoms with Gasteiger partial charge in [-0.3, -0.25) is 0 Å². The Balaban J connectivity index is 2.42. The Hall–Kier alpha value is -2.03. The minimum Gasteiger partial charge on any atom is -0.507 e. The first kappa shape index (κ1) is 8.56. The normalized spacial score (nSPS) is 10.0. The molecule has 0 saturated heterocycles. The number of para-hydroxylation sites is 1. The molecule has 0 radical (unpaired) electrons. The first-order valence-electron chi connectivity index (χ1n) is 4.26. The van der Waals surface area contributed by atoms with E-state index < -0.39 is 0 Å². The van der Waals surface area contributed by atoms with Crippen LogP contribution in [0, 0.1) is 0 Å². The summed E-state index contributed by atoms with van der Waals surface area (Å²) < 4.78 is 1.62. The van der Waals surface area contributed by atoms with Crippen molar-refractivity contribution in [3.63, 3.8) is 0 Å². The molecule has 0 fully saturated rings. The van der Waals surface area contributed by atoms with Gasteiger partial charge in [0, 0.05) is 18.0 Å². The molecule has 0 aliphatic heterocycles. The molecule has 0 aliphatic carbocycles. The van der Waals surface area contributed by atoms with Crippen LogP contribution in [0.2, 0.25) is 0 Å². The summed E-state index contributed by atoms with van der Waals surface area (Å²) in [5.41, 5.74) is 1.35. The van der Waals surface area contributed by atoms with E-state index in [9.17, 15) is 5.11 Å². The van der Waals surface area contributed by atoms with E-state index >= 15 is 0 Å². The largest absolute Gasteiger partial charge is 0.507 e. The quantitative estimate of drug-likeness (QED) is 0.780. The molecule has 2 aromatic rings. The molecule has 1 aromatic carbocycles. The first-order chi connectivity index (χ1) is 6.79. The Morgan fingerprint density at radius 2 is 2.07 bits per heavy atom. The van der Waals surface area contributed by atoms with Gasteiger partial charge >= 0.3 is 0 Å². The second-order valence-electron chi connectivity index (χ2n) is 2.91. The van der Waals surface area contributed by atoms with Crippen LogP contribution in [0.4, 0.5) is 0 Å². The highest BCUT2D eigenvalue weighted by Gasteiger charge is 2.05. The van der Waals surface area contributed by atoms with Crippen molar-refractivity contribution in [3.8, 4) is 5.75 Å². The molecule has 0 aliphatic rings. The Morgan fingerprint density at radius 3 is 2.71 bits per heavy atom. The molecule has 0 atom stereocenters. The Kier molecular flexibility index (Phi) is 2.07. The van der Waals surface area contributed by atoms with Gasteiger partial charge in [-0.1, -0.05) is 18.7 Å². The molecule has 0 bridgehead atoms. The Labute approximate surface area is 81.9 Å². The number of hydrogen-bond donors (Lipinski definition) is 1. The lowest BCUT2D eigenvalue weighted by atomic mass is 10.1. The summed E-state index contributed by atoms with van der Waals surface area (Å²) in [5, 5.41) is 13.6. The van der Waals surface area contributed by atoms with Crippen molar-refractivity contribution in [2.24, 2.45) is 0 Å². The van der Waals surface area contributed by atoms with Gasteiger partial charge in [-0.25, -0.2) is 4.68 Å². The summed E-state index contributed by atoms with van der Waals surface area (Å²) in [6, 6.07) is 8.87. The fourth-order valence-electron chi connectivity index (χ4n) is 1.27. The maximum absolute atomic E-state index is 9.58. The van der Waals surface area contributed by atoms with Crippen molar-refractivity contribution in [2.75, 3.05) is 0 Å². The van der Waals surface area contributed by atoms with Gasteiger partial charge in [0.2, 0.25) is 0 Å². The van der Waals surface area contributed by atoms with E-state index in [2.05, 4.69) is 11.7 Å². The molecule has 1 heterocycles. The zero-order valence-electron chi connectivity index (χ0n) is 7.59. The van der Waals surface area contributed by atoms with Gasteiger partial charge < -0.3 is 5.11 Å².